The number of rotatable bonds is 8. The molecule has 8 heteroatoms. The van der Waals surface area contributed by atoms with Crippen LogP contribution in [0.1, 0.15) is 43.6 Å². The topological polar surface area (TPSA) is 125 Å². The number of aromatic nitrogens is 1. The van der Waals surface area contributed by atoms with E-state index in [9.17, 15) is 19.7 Å². The Morgan fingerprint density at radius 2 is 2.05 bits per heavy atom. The molecule has 2 atom stereocenters. The van der Waals surface area contributed by atoms with E-state index in [2.05, 4.69) is 10.3 Å². The van der Waals surface area contributed by atoms with Crippen molar-refractivity contribution in [1.29, 1.82) is 0 Å². The van der Waals surface area contributed by atoms with Crippen LogP contribution in [-0.4, -0.2) is 32.9 Å². The summed E-state index contributed by atoms with van der Waals surface area (Å²) in [5, 5.41) is 22.0. The number of carboxylic acids is 1. The van der Waals surface area contributed by atoms with Crippen molar-refractivity contribution < 1.29 is 19.6 Å². The van der Waals surface area contributed by atoms with Gasteiger partial charge in [0.1, 0.15) is 0 Å². The van der Waals surface area contributed by atoms with Gasteiger partial charge in [-0.05, 0) is 30.8 Å². The maximum absolute atomic E-state index is 11.8. The fourth-order valence-electron chi connectivity index (χ4n) is 1.85. The van der Waals surface area contributed by atoms with Gasteiger partial charge in [-0.25, -0.2) is 4.98 Å². The Labute approximate surface area is 121 Å². The molecule has 1 rings (SSSR count). The average molecular weight is 297 g/mol. The number of amides is 1. The molecule has 0 aromatic carbocycles. The molecular formula is C13H19N3O5. The van der Waals surface area contributed by atoms with Crippen molar-refractivity contribution in [3.63, 3.8) is 0 Å². The van der Waals surface area contributed by atoms with Crippen LogP contribution in [0.15, 0.2) is 12.1 Å². The first-order chi connectivity index (χ1) is 9.81. The Morgan fingerprint density at radius 1 is 1.38 bits per heavy atom. The van der Waals surface area contributed by atoms with Crippen molar-refractivity contribution in [2.75, 3.05) is 0 Å². The molecule has 0 aliphatic rings. The standard InChI is InChI=1S/C13H19N3O5/c1-8(13(18)19)4-3-5-9(2)14-12(17)10-6-7-11(15-10)16(20)21/h6-9,15H,3-5H2,1-2H3,(H,14,17)(H,18,19). The molecule has 0 saturated heterocycles. The molecule has 0 fully saturated rings. The van der Waals surface area contributed by atoms with Crippen molar-refractivity contribution in [1.82, 2.24) is 10.3 Å². The molecule has 21 heavy (non-hydrogen) atoms. The van der Waals surface area contributed by atoms with Crippen molar-refractivity contribution in [3.05, 3.63) is 27.9 Å². The van der Waals surface area contributed by atoms with E-state index in [0.29, 0.717) is 19.3 Å². The summed E-state index contributed by atoms with van der Waals surface area (Å²) in [5.41, 5.74) is 0.132. The van der Waals surface area contributed by atoms with Crippen LogP contribution in [0.5, 0.6) is 0 Å². The zero-order chi connectivity index (χ0) is 16.0. The van der Waals surface area contributed by atoms with Crippen LogP contribution in [0.25, 0.3) is 0 Å². The summed E-state index contributed by atoms with van der Waals surface area (Å²) in [6.45, 7) is 3.45. The van der Waals surface area contributed by atoms with Crippen molar-refractivity contribution >= 4 is 17.7 Å². The Morgan fingerprint density at radius 3 is 2.57 bits per heavy atom. The zero-order valence-electron chi connectivity index (χ0n) is 12.0. The number of H-pyrrole nitrogens is 1. The number of carbonyl (C=O) groups is 2. The van der Waals surface area contributed by atoms with Crippen LogP contribution in [0.3, 0.4) is 0 Å². The third kappa shape index (κ3) is 5.25. The highest BCUT2D eigenvalue weighted by Gasteiger charge is 2.17. The molecule has 1 amide bonds. The molecule has 116 valence electrons. The second kappa shape index (κ2) is 7.41. The average Bonchev–Trinajstić information content (AvgIpc) is 2.88. The Hall–Kier alpha value is -2.38. The molecule has 1 aromatic rings. The minimum atomic E-state index is -0.828. The first-order valence-electron chi connectivity index (χ1n) is 6.68. The van der Waals surface area contributed by atoms with Crippen LogP contribution in [0, 0.1) is 16.0 Å². The second-order valence-electron chi connectivity index (χ2n) is 5.06. The number of carbonyl (C=O) groups excluding carboxylic acids is 1. The molecule has 0 saturated carbocycles. The van der Waals surface area contributed by atoms with Crippen molar-refractivity contribution in [2.45, 2.75) is 39.2 Å². The summed E-state index contributed by atoms with van der Waals surface area (Å²) in [6, 6.07) is 2.45. The van der Waals surface area contributed by atoms with Gasteiger partial charge in [0.15, 0.2) is 5.69 Å². The van der Waals surface area contributed by atoms with Crippen LogP contribution >= 0.6 is 0 Å². The predicted octanol–water partition coefficient (Wildman–Crippen LogP) is 1.93. The first kappa shape index (κ1) is 16.7. The number of nitrogens with one attached hydrogen (secondary N) is 2. The fourth-order valence-corrected chi connectivity index (χ4v) is 1.85. The smallest absolute Gasteiger partial charge is 0.321 e. The summed E-state index contributed by atoms with van der Waals surface area (Å²) in [5.74, 6) is -1.88. The van der Waals surface area contributed by atoms with Crippen molar-refractivity contribution in [3.8, 4) is 0 Å². The van der Waals surface area contributed by atoms with E-state index in [-0.39, 0.29) is 17.6 Å². The number of nitro groups is 1. The van der Waals surface area contributed by atoms with E-state index < -0.39 is 22.7 Å². The van der Waals surface area contributed by atoms with Gasteiger partial charge in [-0.15, -0.1) is 0 Å². The molecule has 0 aliphatic heterocycles. The van der Waals surface area contributed by atoms with Crippen LogP contribution in [-0.2, 0) is 4.79 Å². The maximum atomic E-state index is 11.8. The molecule has 1 heterocycles. The molecular weight excluding hydrogens is 278 g/mol. The second-order valence-corrected chi connectivity index (χ2v) is 5.06. The molecule has 0 aliphatic carbocycles. The van der Waals surface area contributed by atoms with Gasteiger partial charge in [-0.3, -0.25) is 9.59 Å². The summed E-state index contributed by atoms with van der Waals surface area (Å²) < 4.78 is 0. The van der Waals surface area contributed by atoms with Gasteiger partial charge in [0.05, 0.1) is 5.92 Å². The van der Waals surface area contributed by atoms with Crippen LogP contribution < -0.4 is 5.32 Å². The van der Waals surface area contributed by atoms with E-state index in [1.165, 1.54) is 12.1 Å². The fraction of sp³-hybridized carbons (Fsp3) is 0.538. The van der Waals surface area contributed by atoms with Gasteiger partial charge in [0.25, 0.3) is 5.91 Å². The van der Waals surface area contributed by atoms with E-state index in [0.717, 1.165) is 0 Å². The van der Waals surface area contributed by atoms with Gasteiger partial charge in [-0.1, -0.05) is 13.3 Å². The molecule has 3 N–H and O–H groups in total. The van der Waals surface area contributed by atoms with Gasteiger partial charge in [0.2, 0.25) is 0 Å². The normalized spacial score (nSPS) is 13.4. The number of hydrogen-bond donors (Lipinski definition) is 3. The lowest BCUT2D eigenvalue weighted by Crippen LogP contribution is -2.32. The molecule has 2 unspecified atom stereocenters. The van der Waals surface area contributed by atoms with Gasteiger partial charge in [-0.2, -0.15) is 0 Å². The van der Waals surface area contributed by atoms with Crippen LogP contribution in [0.4, 0.5) is 5.82 Å². The largest absolute Gasteiger partial charge is 0.481 e. The summed E-state index contributed by atoms with van der Waals surface area (Å²) >= 11 is 0. The molecule has 0 radical (unpaired) electrons. The predicted molar refractivity (Wildman–Crippen MR) is 75.0 cm³/mol. The van der Waals surface area contributed by atoms with Gasteiger partial charge >= 0.3 is 11.8 Å². The highest BCUT2D eigenvalue weighted by Crippen LogP contribution is 2.12. The summed E-state index contributed by atoms with van der Waals surface area (Å²) in [7, 11) is 0. The number of aromatic amines is 1. The summed E-state index contributed by atoms with van der Waals surface area (Å²) in [4.78, 5) is 34.8. The molecule has 0 spiro atoms. The van der Waals surface area contributed by atoms with Gasteiger partial charge < -0.3 is 20.5 Å². The minimum absolute atomic E-state index is 0.132. The van der Waals surface area contributed by atoms with Crippen molar-refractivity contribution in [2.24, 2.45) is 5.92 Å². The first-order valence-corrected chi connectivity index (χ1v) is 6.68. The highest BCUT2D eigenvalue weighted by molar-refractivity contribution is 5.93. The van der Waals surface area contributed by atoms with Crippen LogP contribution in [0.2, 0.25) is 0 Å². The lowest BCUT2D eigenvalue weighted by Gasteiger charge is -2.13. The quantitative estimate of drug-likeness (QED) is 0.499. The SMILES string of the molecule is CC(CCCC(C)C(=O)O)NC(=O)c1ccc([N+](=O)[O-])[nH]1. The number of hydrogen-bond acceptors (Lipinski definition) is 4. The number of carboxylic acid groups (broad SMARTS) is 1. The highest BCUT2D eigenvalue weighted by atomic mass is 16.6. The molecule has 0 bridgehead atoms. The minimum Gasteiger partial charge on any atom is -0.481 e. The number of nitrogens with zero attached hydrogens (tertiary/aromatic N) is 1. The zero-order valence-corrected chi connectivity index (χ0v) is 12.0. The third-order valence-electron chi connectivity index (χ3n) is 3.19. The lowest BCUT2D eigenvalue weighted by atomic mass is 10.0. The Kier molecular flexibility index (Phi) is 5.89. The maximum Gasteiger partial charge on any atom is 0.321 e. The Balaban J connectivity index is 2.39. The van der Waals surface area contributed by atoms with E-state index in [4.69, 9.17) is 5.11 Å². The molecule has 8 nitrogen and oxygen atoms in total. The molecule has 1 aromatic heterocycles. The Bertz CT molecular complexity index is 526. The van der Waals surface area contributed by atoms with E-state index in [1.807, 2.05) is 0 Å². The summed E-state index contributed by atoms with van der Waals surface area (Å²) in [6.07, 6.45) is 1.87. The van der Waals surface area contributed by atoms with E-state index >= 15 is 0 Å². The third-order valence-corrected chi connectivity index (χ3v) is 3.19. The monoisotopic (exact) mass is 297 g/mol. The van der Waals surface area contributed by atoms with Gasteiger partial charge in [0, 0.05) is 12.1 Å². The number of aliphatic carboxylic acids is 1. The van der Waals surface area contributed by atoms with E-state index in [1.54, 1.807) is 13.8 Å². The lowest BCUT2D eigenvalue weighted by molar-refractivity contribution is -0.389.